The SMILES string of the molecule is CCCNCC(C)COc1cc(OC)c(OC)c(OC)c1. The number of nitrogens with one attached hydrogen (secondary N) is 1. The molecule has 1 rings (SSSR count). The molecule has 0 radical (unpaired) electrons. The summed E-state index contributed by atoms with van der Waals surface area (Å²) in [6, 6.07) is 3.63. The molecule has 1 N–H and O–H groups in total. The number of rotatable bonds is 10. The second kappa shape index (κ2) is 9.34. The molecule has 5 nitrogen and oxygen atoms in total. The van der Waals surface area contributed by atoms with Crippen molar-refractivity contribution in [2.24, 2.45) is 5.92 Å². The van der Waals surface area contributed by atoms with Crippen LogP contribution in [-0.4, -0.2) is 41.0 Å². The van der Waals surface area contributed by atoms with Crippen LogP contribution in [0.15, 0.2) is 12.1 Å². The van der Waals surface area contributed by atoms with E-state index >= 15 is 0 Å². The Morgan fingerprint density at radius 2 is 1.67 bits per heavy atom. The molecule has 0 aliphatic rings. The summed E-state index contributed by atoms with van der Waals surface area (Å²) in [7, 11) is 4.78. The second-order valence-electron chi connectivity index (χ2n) is 4.98. The lowest BCUT2D eigenvalue weighted by molar-refractivity contribution is 0.251. The van der Waals surface area contributed by atoms with Gasteiger partial charge in [-0.3, -0.25) is 0 Å². The maximum absolute atomic E-state index is 5.83. The third kappa shape index (κ3) is 5.34. The van der Waals surface area contributed by atoms with Crippen LogP contribution in [0.4, 0.5) is 0 Å². The number of hydrogen-bond acceptors (Lipinski definition) is 5. The quantitative estimate of drug-likeness (QED) is 0.673. The van der Waals surface area contributed by atoms with Crippen molar-refractivity contribution in [3.8, 4) is 23.0 Å². The molecule has 1 unspecified atom stereocenters. The van der Waals surface area contributed by atoms with Crippen molar-refractivity contribution in [3.63, 3.8) is 0 Å². The minimum Gasteiger partial charge on any atom is -0.493 e. The molecule has 0 spiro atoms. The fraction of sp³-hybridized carbons (Fsp3) is 0.625. The van der Waals surface area contributed by atoms with Crippen LogP contribution in [0.1, 0.15) is 20.3 Å². The maximum atomic E-state index is 5.83. The molecule has 1 aromatic rings. The number of methoxy groups -OCH3 is 3. The minimum absolute atomic E-state index is 0.427. The van der Waals surface area contributed by atoms with Gasteiger partial charge in [0, 0.05) is 24.6 Å². The molecule has 0 aromatic heterocycles. The molecule has 0 saturated carbocycles. The van der Waals surface area contributed by atoms with Crippen molar-refractivity contribution in [2.45, 2.75) is 20.3 Å². The third-order valence-electron chi connectivity index (χ3n) is 3.09. The van der Waals surface area contributed by atoms with E-state index in [4.69, 9.17) is 18.9 Å². The summed E-state index contributed by atoms with van der Waals surface area (Å²) in [5.41, 5.74) is 0. The van der Waals surface area contributed by atoms with Gasteiger partial charge in [-0.1, -0.05) is 13.8 Å². The summed E-state index contributed by atoms with van der Waals surface area (Å²) in [6.45, 7) is 6.92. The highest BCUT2D eigenvalue weighted by atomic mass is 16.5. The third-order valence-corrected chi connectivity index (χ3v) is 3.09. The highest BCUT2D eigenvalue weighted by Gasteiger charge is 2.14. The van der Waals surface area contributed by atoms with E-state index in [1.165, 1.54) is 0 Å². The van der Waals surface area contributed by atoms with Gasteiger partial charge in [-0.05, 0) is 13.0 Å². The predicted molar refractivity (Wildman–Crippen MR) is 83.9 cm³/mol. The lowest BCUT2D eigenvalue weighted by atomic mass is 10.2. The van der Waals surface area contributed by atoms with Crippen molar-refractivity contribution < 1.29 is 18.9 Å². The molecule has 0 heterocycles. The Balaban J connectivity index is 2.66. The van der Waals surface area contributed by atoms with E-state index < -0.39 is 0 Å². The molecule has 0 amide bonds. The van der Waals surface area contributed by atoms with E-state index in [9.17, 15) is 0 Å². The Morgan fingerprint density at radius 3 is 2.14 bits per heavy atom. The van der Waals surface area contributed by atoms with Crippen LogP contribution in [0.2, 0.25) is 0 Å². The number of hydrogen-bond donors (Lipinski definition) is 1. The Morgan fingerprint density at radius 1 is 1.05 bits per heavy atom. The summed E-state index contributed by atoms with van der Waals surface area (Å²) in [4.78, 5) is 0. The van der Waals surface area contributed by atoms with Gasteiger partial charge in [-0.25, -0.2) is 0 Å². The molecule has 0 saturated heterocycles. The van der Waals surface area contributed by atoms with Gasteiger partial charge in [0.1, 0.15) is 5.75 Å². The van der Waals surface area contributed by atoms with Crippen molar-refractivity contribution in [3.05, 3.63) is 12.1 Å². The van der Waals surface area contributed by atoms with Gasteiger partial charge in [0.15, 0.2) is 11.5 Å². The average molecular weight is 297 g/mol. The Hall–Kier alpha value is -1.62. The number of ether oxygens (including phenoxy) is 4. The zero-order chi connectivity index (χ0) is 15.7. The maximum Gasteiger partial charge on any atom is 0.203 e. The normalized spacial score (nSPS) is 11.9. The molecular weight excluding hydrogens is 270 g/mol. The van der Waals surface area contributed by atoms with Crippen LogP contribution in [0, 0.1) is 5.92 Å². The first kappa shape index (κ1) is 17.4. The summed E-state index contributed by atoms with van der Waals surface area (Å²) < 4.78 is 21.7. The van der Waals surface area contributed by atoms with E-state index in [1.54, 1.807) is 21.3 Å². The van der Waals surface area contributed by atoms with Gasteiger partial charge in [0.25, 0.3) is 0 Å². The average Bonchev–Trinajstić information content (AvgIpc) is 2.51. The van der Waals surface area contributed by atoms with Crippen LogP contribution in [0.5, 0.6) is 23.0 Å². The van der Waals surface area contributed by atoms with Gasteiger partial charge in [-0.2, -0.15) is 0 Å². The Labute approximate surface area is 127 Å². The predicted octanol–water partition coefficient (Wildman–Crippen LogP) is 2.73. The summed E-state index contributed by atoms with van der Waals surface area (Å²) in [6.07, 6.45) is 1.14. The fourth-order valence-corrected chi connectivity index (χ4v) is 1.96. The monoisotopic (exact) mass is 297 g/mol. The molecule has 0 aliphatic heterocycles. The highest BCUT2D eigenvalue weighted by Crippen LogP contribution is 2.40. The largest absolute Gasteiger partial charge is 0.493 e. The highest BCUT2D eigenvalue weighted by molar-refractivity contribution is 5.55. The first-order valence-corrected chi connectivity index (χ1v) is 7.29. The minimum atomic E-state index is 0.427. The molecule has 0 fully saturated rings. The molecule has 1 atom stereocenters. The van der Waals surface area contributed by atoms with Gasteiger partial charge in [-0.15, -0.1) is 0 Å². The first-order valence-electron chi connectivity index (χ1n) is 7.29. The molecule has 21 heavy (non-hydrogen) atoms. The van der Waals surface area contributed by atoms with E-state index in [2.05, 4.69) is 19.2 Å². The van der Waals surface area contributed by atoms with Crippen molar-refractivity contribution in [1.82, 2.24) is 5.32 Å². The van der Waals surface area contributed by atoms with Gasteiger partial charge in [0.05, 0.1) is 27.9 Å². The molecule has 0 bridgehead atoms. The molecule has 120 valence electrons. The van der Waals surface area contributed by atoms with Crippen molar-refractivity contribution in [1.29, 1.82) is 0 Å². The summed E-state index contributed by atoms with van der Waals surface area (Å²) >= 11 is 0. The topological polar surface area (TPSA) is 49.0 Å². The molecule has 5 heteroatoms. The zero-order valence-electron chi connectivity index (χ0n) is 13.7. The van der Waals surface area contributed by atoms with E-state index in [0.29, 0.717) is 35.5 Å². The lowest BCUT2D eigenvalue weighted by Gasteiger charge is -2.17. The van der Waals surface area contributed by atoms with Gasteiger partial charge in [0.2, 0.25) is 5.75 Å². The van der Waals surface area contributed by atoms with Crippen molar-refractivity contribution >= 4 is 0 Å². The molecular formula is C16H27NO4. The van der Waals surface area contributed by atoms with E-state index in [0.717, 1.165) is 19.5 Å². The second-order valence-corrected chi connectivity index (χ2v) is 4.98. The van der Waals surface area contributed by atoms with Crippen LogP contribution in [-0.2, 0) is 0 Å². The summed E-state index contributed by atoms with van der Waals surface area (Å²) in [5.74, 6) is 2.92. The standard InChI is InChI=1S/C16H27NO4/c1-6-7-17-10-12(2)11-21-13-8-14(18-3)16(20-5)15(9-13)19-4/h8-9,12,17H,6-7,10-11H2,1-5H3. The van der Waals surface area contributed by atoms with Crippen LogP contribution in [0.25, 0.3) is 0 Å². The van der Waals surface area contributed by atoms with Gasteiger partial charge < -0.3 is 24.3 Å². The smallest absolute Gasteiger partial charge is 0.203 e. The molecule has 1 aromatic carbocycles. The summed E-state index contributed by atoms with van der Waals surface area (Å²) in [5, 5.41) is 3.39. The first-order chi connectivity index (χ1) is 10.2. The fourth-order valence-electron chi connectivity index (χ4n) is 1.96. The van der Waals surface area contributed by atoms with Crippen molar-refractivity contribution in [2.75, 3.05) is 41.0 Å². The lowest BCUT2D eigenvalue weighted by Crippen LogP contribution is -2.25. The van der Waals surface area contributed by atoms with Crippen LogP contribution in [0.3, 0.4) is 0 Å². The van der Waals surface area contributed by atoms with E-state index in [1.807, 2.05) is 12.1 Å². The zero-order valence-corrected chi connectivity index (χ0v) is 13.7. The van der Waals surface area contributed by atoms with Crippen LogP contribution >= 0.6 is 0 Å². The van der Waals surface area contributed by atoms with E-state index in [-0.39, 0.29) is 0 Å². The Bertz CT molecular complexity index is 398. The number of benzene rings is 1. The van der Waals surface area contributed by atoms with Crippen LogP contribution < -0.4 is 24.3 Å². The molecule has 0 aliphatic carbocycles. The Kier molecular flexibility index (Phi) is 7.75. The van der Waals surface area contributed by atoms with Gasteiger partial charge >= 0.3 is 0 Å².